The highest BCUT2D eigenvalue weighted by atomic mass is 35.5. The third-order valence-electron chi connectivity index (χ3n) is 5.71. The molecular weight excluding hydrogens is 320 g/mol. The van der Waals surface area contributed by atoms with Gasteiger partial charge in [-0.1, -0.05) is 43.0 Å². The predicted octanol–water partition coefficient (Wildman–Crippen LogP) is 6.39. The summed E-state index contributed by atoms with van der Waals surface area (Å²) in [7, 11) is 0. The summed E-state index contributed by atoms with van der Waals surface area (Å²) in [6.45, 7) is 8.71. The van der Waals surface area contributed by atoms with Gasteiger partial charge in [-0.25, -0.2) is 0 Å². The van der Waals surface area contributed by atoms with Crippen LogP contribution in [0.2, 0.25) is 5.02 Å². The van der Waals surface area contributed by atoms with E-state index < -0.39 is 0 Å². The van der Waals surface area contributed by atoms with Crippen molar-refractivity contribution in [1.29, 1.82) is 0 Å². The minimum Gasteiger partial charge on any atom is -0.506 e. The van der Waals surface area contributed by atoms with Gasteiger partial charge in [0.25, 0.3) is 0 Å². The highest BCUT2D eigenvalue weighted by Crippen LogP contribution is 2.55. The fourth-order valence-electron chi connectivity index (χ4n) is 4.33. The summed E-state index contributed by atoms with van der Waals surface area (Å²) in [6, 6.07) is 2.07. The highest BCUT2D eigenvalue weighted by Gasteiger charge is 2.45. The number of halogens is 1. The molecule has 0 saturated carbocycles. The molecule has 0 spiro atoms. The van der Waals surface area contributed by atoms with Crippen molar-refractivity contribution in [3.05, 3.63) is 33.9 Å². The first kappa shape index (κ1) is 17.7. The summed E-state index contributed by atoms with van der Waals surface area (Å²) in [5, 5.41) is 11.4. The van der Waals surface area contributed by atoms with Crippen molar-refractivity contribution in [2.75, 3.05) is 0 Å². The van der Waals surface area contributed by atoms with E-state index in [-0.39, 0.29) is 17.3 Å². The van der Waals surface area contributed by atoms with Gasteiger partial charge in [-0.3, -0.25) is 0 Å². The van der Waals surface area contributed by atoms with Crippen molar-refractivity contribution >= 4 is 11.6 Å². The average Bonchev–Trinajstić information content (AvgIpc) is 2.51. The zero-order chi connectivity index (χ0) is 17.5. The van der Waals surface area contributed by atoms with E-state index in [1.807, 2.05) is 0 Å². The van der Waals surface area contributed by atoms with Gasteiger partial charge in [0.15, 0.2) is 0 Å². The van der Waals surface area contributed by atoms with E-state index in [2.05, 4.69) is 39.8 Å². The zero-order valence-electron chi connectivity index (χ0n) is 15.3. The molecule has 1 aromatic carbocycles. The molecule has 2 atom stereocenters. The highest BCUT2D eigenvalue weighted by molar-refractivity contribution is 6.33. The molecule has 3 rings (SSSR count). The third kappa shape index (κ3) is 3.06. The lowest BCUT2D eigenvalue weighted by molar-refractivity contribution is 0.0107. The second-order valence-electron chi connectivity index (χ2n) is 7.96. The van der Waals surface area contributed by atoms with Crippen molar-refractivity contribution in [3.8, 4) is 11.5 Å². The second-order valence-corrected chi connectivity index (χ2v) is 8.33. The fourth-order valence-corrected chi connectivity index (χ4v) is 4.58. The van der Waals surface area contributed by atoms with Gasteiger partial charge in [-0.15, -0.1) is 0 Å². The lowest BCUT2D eigenvalue weighted by Gasteiger charge is -2.46. The molecule has 0 aromatic heterocycles. The van der Waals surface area contributed by atoms with Crippen LogP contribution in [-0.2, 0) is 6.42 Å². The molecule has 3 heteroatoms. The number of aromatic hydroxyl groups is 1. The number of fused-ring (bicyclic) bond motifs is 3. The standard InChI is InChI=1S/C21H29ClO2/c1-5-6-7-8-14-12-17-18(20(23)19(14)22)15-11-13(2)9-10-16(15)21(3,4)24-17/h11-12,15-16,23H,5-10H2,1-4H3/t15?,16-/m1/s1. The lowest BCUT2D eigenvalue weighted by Crippen LogP contribution is -2.45. The van der Waals surface area contributed by atoms with Gasteiger partial charge in [-0.05, 0) is 58.1 Å². The maximum absolute atomic E-state index is 10.8. The molecule has 1 aliphatic carbocycles. The van der Waals surface area contributed by atoms with Crippen LogP contribution in [-0.4, -0.2) is 10.7 Å². The van der Waals surface area contributed by atoms with Gasteiger partial charge >= 0.3 is 0 Å². The van der Waals surface area contributed by atoms with Crippen molar-refractivity contribution < 1.29 is 9.84 Å². The molecule has 1 N–H and O–H groups in total. The predicted molar refractivity (Wildman–Crippen MR) is 100 cm³/mol. The van der Waals surface area contributed by atoms with Gasteiger partial charge in [0.2, 0.25) is 0 Å². The summed E-state index contributed by atoms with van der Waals surface area (Å²) in [4.78, 5) is 0. The first-order chi connectivity index (χ1) is 11.3. The molecule has 2 nitrogen and oxygen atoms in total. The summed E-state index contributed by atoms with van der Waals surface area (Å²) < 4.78 is 6.36. The Bertz CT molecular complexity index is 660. The van der Waals surface area contributed by atoms with E-state index in [9.17, 15) is 5.11 Å². The molecule has 24 heavy (non-hydrogen) atoms. The number of unbranched alkanes of at least 4 members (excludes halogenated alkanes) is 2. The molecule has 0 radical (unpaired) electrons. The molecule has 0 amide bonds. The number of hydrogen-bond donors (Lipinski definition) is 1. The molecule has 1 heterocycles. The number of ether oxygens (including phenoxy) is 1. The monoisotopic (exact) mass is 348 g/mol. The Morgan fingerprint density at radius 2 is 2.08 bits per heavy atom. The van der Waals surface area contributed by atoms with E-state index in [1.54, 1.807) is 0 Å². The maximum Gasteiger partial charge on any atom is 0.141 e. The first-order valence-electron chi connectivity index (χ1n) is 9.25. The Hall–Kier alpha value is -1.15. The normalized spacial score (nSPS) is 24.6. The Kier molecular flexibility index (Phi) is 4.88. The number of phenols is 1. The third-order valence-corrected chi connectivity index (χ3v) is 6.13. The van der Waals surface area contributed by atoms with Crippen LogP contribution < -0.4 is 4.74 Å². The van der Waals surface area contributed by atoms with E-state index >= 15 is 0 Å². The fraction of sp³-hybridized carbons (Fsp3) is 0.619. The smallest absolute Gasteiger partial charge is 0.141 e. The zero-order valence-corrected chi connectivity index (χ0v) is 16.0. The summed E-state index contributed by atoms with van der Waals surface area (Å²) in [5.41, 5.74) is 3.06. The maximum atomic E-state index is 10.8. The topological polar surface area (TPSA) is 29.5 Å². The van der Waals surface area contributed by atoms with Crippen LogP contribution in [0.5, 0.6) is 11.5 Å². The van der Waals surface area contributed by atoms with Crippen LogP contribution in [0.4, 0.5) is 0 Å². The van der Waals surface area contributed by atoms with Crippen LogP contribution in [0.25, 0.3) is 0 Å². The Balaban J connectivity index is 2.06. The number of hydrogen-bond acceptors (Lipinski definition) is 2. The molecule has 0 saturated heterocycles. The van der Waals surface area contributed by atoms with E-state index in [1.165, 1.54) is 18.4 Å². The van der Waals surface area contributed by atoms with Gasteiger partial charge in [0.1, 0.15) is 17.1 Å². The molecule has 0 bridgehead atoms. The average molecular weight is 349 g/mol. The summed E-state index contributed by atoms with van der Waals surface area (Å²) in [5.74, 6) is 1.62. The molecule has 132 valence electrons. The Morgan fingerprint density at radius 3 is 2.79 bits per heavy atom. The van der Waals surface area contributed by atoms with E-state index in [4.69, 9.17) is 16.3 Å². The van der Waals surface area contributed by atoms with Gasteiger partial charge in [0, 0.05) is 17.4 Å². The van der Waals surface area contributed by atoms with Crippen LogP contribution >= 0.6 is 11.6 Å². The van der Waals surface area contributed by atoms with Crippen LogP contribution in [0.1, 0.15) is 76.8 Å². The largest absolute Gasteiger partial charge is 0.506 e. The van der Waals surface area contributed by atoms with Gasteiger partial charge < -0.3 is 9.84 Å². The lowest BCUT2D eigenvalue weighted by atomic mass is 9.68. The van der Waals surface area contributed by atoms with Crippen molar-refractivity contribution in [1.82, 2.24) is 0 Å². The molecular formula is C21H29ClO2. The van der Waals surface area contributed by atoms with E-state index in [0.29, 0.717) is 10.9 Å². The number of allylic oxidation sites excluding steroid dienone is 2. The second kappa shape index (κ2) is 6.63. The molecule has 0 fully saturated rings. The Labute approximate surface area is 150 Å². The number of phenolic OH excluding ortho intramolecular Hbond substituents is 1. The summed E-state index contributed by atoms with van der Waals surface area (Å²) >= 11 is 6.52. The van der Waals surface area contributed by atoms with Crippen molar-refractivity contribution in [2.24, 2.45) is 5.92 Å². The number of benzene rings is 1. The Morgan fingerprint density at radius 1 is 1.33 bits per heavy atom. The molecule has 2 aliphatic rings. The first-order valence-corrected chi connectivity index (χ1v) is 9.63. The minimum absolute atomic E-state index is 0.194. The molecule has 1 unspecified atom stereocenters. The van der Waals surface area contributed by atoms with Gasteiger partial charge in [-0.2, -0.15) is 0 Å². The molecule has 1 aromatic rings. The number of rotatable bonds is 4. The van der Waals surface area contributed by atoms with Crippen LogP contribution in [0, 0.1) is 5.92 Å². The summed E-state index contributed by atoms with van der Waals surface area (Å²) in [6.07, 6.45) is 8.83. The molecule has 1 aliphatic heterocycles. The van der Waals surface area contributed by atoms with Crippen molar-refractivity contribution in [3.63, 3.8) is 0 Å². The van der Waals surface area contributed by atoms with Crippen molar-refractivity contribution in [2.45, 2.75) is 77.7 Å². The number of aryl methyl sites for hydroxylation is 1. The van der Waals surface area contributed by atoms with Crippen LogP contribution in [0.3, 0.4) is 0 Å². The van der Waals surface area contributed by atoms with Gasteiger partial charge in [0.05, 0.1) is 5.02 Å². The van der Waals surface area contributed by atoms with E-state index in [0.717, 1.165) is 42.6 Å². The SMILES string of the molecule is CCCCCc1cc2c(c(O)c1Cl)C1C=C(C)CC[C@H]1C(C)(C)O2. The van der Waals surface area contributed by atoms with Crippen LogP contribution in [0.15, 0.2) is 17.7 Å². The minimum atomic E-state index is -0.226. The quantitative estimate of drug-likeness (QED) is 0.504.